The number of methoxy groups -OCH3 is 1. The van der Waals surface area contributed by atoms with E-state index in [1.807, 2.05) is 24.3 Å². The lowest BCUT2D eigenvalue weighted by atomic mass is 10.0. The van der Waals surface area contributed by atoms with Crippen molar-refractivity contribution in [1.29, 1.82) is 0 Å². The van der Waals surface area contributed by atoms with E-state index in [0.29, 0.717) is 18.9 Å². The van der Waals surface area contributed by atoms with Gasteiger partial charge >= 0.3 is 12.1 Å². The Bertz CT molecular complexity index is 764. The molecule has 2 atom stereocenters. The van der Waals surface area contributed by atoms with Gasteiger partial charge in [0.15, 0.2) is 0 Å². The smallest absolute Gasteiger partial charge is 0.407 e. The third-order valence-electron chi connectivity index (χ3n) is 5.23. The van der Waals surface area contributed by atoms with Gasteiger partial charge in [0.25, 0.3) is 0 Å². The van der Waals surface area contributed by atoms with Crippen molar-refractivity contribution in [3.8, 4) is 22.9 Å². The van der Waals surface area contributed by atoms with Crippen LogP contribution in [0, 0.1) is 0 Å². The fourth-order valence-corrected chi connectivity index (χ4v) is 3.99. The van der Waals surface area contributed by atoms with Crippen molar-refractivity contribution in [2.75, 3.05) is 7.11 Å². The Morgan fingerprint density at radius 1 is 1.08 bits per heavy atom. The van der Waals surface area contributed by atoms with E-state index >= 15 is 0 Å². The lowest BCUT2D eigenvalue weighted by Crippen LogP contribution is -2.48. The predicted octanol–water partition coefficient (Wildman–Crippen LogP) is 3.20. The van der Waals surface area contributed by atoms with E-state index in [2.05, 4.69) is 9.97 Å². The first-order chi connectivity index (χ1) is 12.6. The van der Waals surface area contributed by atoms with E-state index in [4.69, 9.17) is 9.47 Å². The van der Waals surface area contributed by atoms with Crippen LogP contribution in [0.2, 0.25) is 0 Å². The average Bonchev–Trinajstić information content (AvgIpc) is 2.94. The molecule has 1 N–H and O–H groups in total. The molecule has 2 bridgehead atoms. The van der Waals surface area contributed by atoms with E-state index < -0.39 is 6.09 Å². The summed E-state index contributed by atoms with van der Waals surface area (Å²) in [6, 6.07) is 8.15. The molecule has 0 spiro atoms. The Hall–Kier alpha value is -2.83. The molecule has 1 amide bonds. The summed E-state index contributed by atoms with van der Waals surface area (Å²) < 4.78 is 11.1. The summed E-state index contributed by atoms with van der Waals surface area (Å²) in [5.74, 6) is 0.803. The fraction of sp³-hybridized carbons (Fsp3) is 0.421. The number of carboxylic acid groups (broad SMARTS) is 1. The topological polar surface area (TPSA) is 84.8 Å². The highest BCUT2D eigenvalue weighted by molar-refractivity contribution is 5.66. The zero-order valence-corrected chi connectivity index (χ0v) is 14.5. The molecule has 2 unspecified atom stereocenters. The van der Waals surface area contributed by atoms with E-state index in [1.54, 1.807) is 24.4 Å². The summed E-state index contributed by atoms with van der Waals surface area (Å²) in [6.45, 7) is 0. The van der Waals surface area contributed by atoms with Gasteiger partial charge in [-0.3, -0.25) is 0 Å². The van der Waals surface area contributed by atoms with Gasteiger partial charge in [0.1, 0.15) is 11.9 Å². The molecule has 136 valence electrons. The number of hydrogen-bond donors (Lipinski definition) is 1. The zero-order chi connectivity index (χ0) is 18.1. The summed E-state index contributed by atoms with van der Waals surface area (Å²) in [4.78, 5) is 21.6. The van der Waals surface area contributed by atoms with Gasteiger partial charge in [-0.15, -0.1) is 0 Å². The average molecular weight is 355 g/mol. The van der Waals surface area contributed by atoms with E-state index in [1.165, 1.54) is 0 Å². The highest BCUT2D eigenvalue weighted by Crippen LogP contribution is 2.37. The van der Waals surface area contributed by atoms with Gasteiger partial charge in [-0.05, 0) is 30.5 Å². The molecule has 1 aromatic carbocycles. The van der Waals surface area contributed by atoms with Crippen LogP contribution in [0.5, 0.6) is 11.8 Å². The molecule has 7 nitrogen and oxygen atoms in total. The number of hydrogen-bond acceptors (Lipinski definition) is 5. The van der Waals surface area contributed by atoms with Crippen molar-refractivity contribution in [1.82, 2.24) is 14.9 Å². The van der Waals surface area contributed by atoms with Crippen LogP contribution in [0.3, 0.4) is 0 Å². The number of nitrogens with zero attached hydrogens (tertiary/aromatic N) is 3. The van der Waals surface area contributed by atoms with E-state index in [9.17, 15) is 9.90 Å². The van der Waals surface area contributed by atoms with Crippen LogP contribution in [0.4, 0.5) is 4.79 Å². The molecular formula is C19H21N3O4. The van der Waals surface area contributed by atoms with Crippen LogP contribution < -0.4 is 9.47 Å². The van der Waals surface area contributed by atoms with Crippen LogP contribution in [0.25, 0.3) is 11.1 Å². The zero-order valence-electron chi connectivity index (χ0n) is 14.5. The van der Waals surface area contributed by atoms with Crippen LogP contribution in [0.15, 0.2) is 36.7 Å². The van der Waals surface area contributed by atoms with Gasteiger partial charge < -0.3 is 19.5 Å². The fourth-order valence-electron chi connectivity index (χ4n) is 3.99. The minimum absolute atomic E-state index is 0.0325. The molecule has 2 fully saturated rings. The van der Waals surface area contributed by atoms with Crippen molar-refractivity contribution >= 4 is 6.09 Å². The molecular weight excluding hydrogens is 334 g/mol. The lowest BCUT2D eigenvalue weighted by Gasteiger charge is -2.36. The van der Waals surface area contributed by atoms with Gasteiger partial charge in [0, 0.05) is 42.9 Å². The third-order valence-corrected chi connectivity index (χ3v) is 5.23. The van der Waals surface area contributed by atoms with Crippen molar-refractivity contribution in [3.05, 3.63) is 36.7 Å². The number of ether oxygens (including phenoxy) is 2. The summed E-state index contributed by atoms with van der Waals surface area (Å²) in [6.07, 6.45) is 5.85. The minimum Gasteiger partial charge on any atom is -0.497 e. The molecule has 1 aromatic heterocycles. The molecule has 2 aromatic rings. The summed E-state index contributed by atoms with van der Waals surface area (Å²) >= 11 is 0. The molecule has 2 saturated heterocycles. The maximum Gasteiger partial charge on any atom is 0.407 e. The molecule has 26 heavy (non-hydrogen) atoms. The largest absolute Gasteiger partial charge is 0.497 e. The first-order valence-corrected chi connectivity index (χ1v) is 8.78. The Kier molecular flexibility index (Phi) is 4.36. The number of amides is 1. The van der Waals surface area contributed by atoms with Crippen molar-refractivity contribution in [2.24, 2.45) is 0 Å². The number of benzene rings is 1. The lowest BCUT2D eigenvalue weighted by molar-refractivity contribution is 0.0455. The SMILES string of the molecule is COc1ccc(-c2cnc(OC3CC4CCC(C3)N4C(=O)O)nc2)cc1. The number of fused-ring (bicyclic) bond motifs is 2. The normalized spacial score (nSPS) is 24.3. The van der Waals surface area contributed by atoms with Gasteiger partial charge in [-0.25, -0.2) is 14.8 Å². The summed E-state index contributed by atoms with van der Waals surface area (Å²) in [5.41, 5.74) is 1.91. The first kappa shape index (κ1) is 16.6. The third kappa shape index (κ3) is 3.16. The number of carbonyl (C=O) groups is 1. The molecule has 4 rings (SSSR count). The monoisotopic (exact) mass is 355 g/mol. The number of aromatic nitrogens is 2. The Balaban J connectivity index is 1.41. The van der Waals surface area contributed by atoms with E-state index in [0.717, 1.165) is 29.7 Å². The Labute approximate surface area is 151 Å². The molecule has 3 heterocycles. The van der Waals surface area contributed by atoms with Crippen LogP contribution in [0.1, 0.15) is 25.7 Å². The van der Waals surface area contributed by atoms with Crippen molar-refractivity contribution in [3.63, 3.8) is 0 Å². The highest BCUT2D eigenvalue weighted by atomic mass is 16.5. The van der Waals surface area contributed by atoms with Crippen LogP contribution in [-0.4, -0.2) is 51.4 Å². The molecule has 2 aliphatic heterocycles. The quantitative estimate of drug-likeness (QED) is 0.906. The minimum atomic E-state index is -0.823. The molecule has 0 aliphatic carbocycles. The second-order valence-electron chi connectivity index (χ2n) is 6.77. The number of piperidine rings is 1. The summed E-state index contributed by atoms with van der Waals surface area (Å²) in [7, 11) is 1.64. The maximum atomic E-state index is 11.3. The molecule has 7 heteroatoms. The highest BCUT2D eigenvalue weighted by Gasteiger charge is 2.44. The summed E-state index contributed by atoms with van der Waals surface area (Å²) in [5, 5.41) is 9.32. The van der Waals surface area contributed by atoms with Gasteiger partial charge in [0.05, 0.1) is 7.11 Å². The maximum absolute atomic E-state index is 11.3. The second kappa shape index (κ2) is 6.82. The predicted molar refractivity (Wildman–Crippen MR) is 94.3 cm³/mol. The van der Waals surface area contributed by atoms with Crippen molar-refractivity contribution in [2.45, 2.75) is 43.9 Å². The standard InChI is InChI=1S/C19H21N3O4/c1-25-16-6-2-12(3-7-16)13-10-20-18(21-11-13)26-17-8-14-4-5-15(9-17)22(14)19(23)24/h2-3,6-7,10-11,14-15,17H,4-5,8-9H2,1H3,(H,23,24). The second-order valence-corrected chi connectivity index (χ2v) is 6.77. The number of rotatable bonds is 4. The van der Waals surface area contributed by atoms with Crippen molar-refractivity contribution < 1.29 is 19.4 Å². The molecule has 2 aliphatic rings. The van der Waals surface area contributed by atoms with Crippen LogP contribution >= 0.6 is 0 Å². The Morgan fingerprint density at radius 2 is 1.69 bits per heavy atom. The molecule has 0 saturated carbocycles. The van der Waals surface area contributed by atoms with E-state index in [-0.39, 0.29) is 18.2 Å². The van der Waals surface area contributed by atoms with Crippen LogP contribution in [-0.2, 0) is 0 Å². The van der Waals surface area contributed by atoms with Gasteiger partial charge in [-0.1, -0.05) is 12.1 Å². The molecule has 0 radical (unpaired) electrons. The van der Waals surface area contributed by atoms with Gasteiger partial charge in [0.2, 0.25) is 0 Å². The first-order valence-electron chi connectivity index (χ1n) is 8.78. The Morgan fingerprint density at radius 3 is 2.23 bits per heavy atom. The van der Waals surface area contributed by atoms with Gasteiger partial charge in [-0.2, -0.15) is 0 Å².